The molecular weight excluding hydrogens is 416 g/mol. The van der Waals surface area contributed by atoms with E-state index in [1.54, 1.807) is 12.0 Å². The Hall–Kier alpha value is -3.12. The highest BCUT2D eigenvalue weighted by atomic mass is 16.5. The summed E-state index contributed by atoms with van der Waals surface area (Å²) >= 11 is 0. The molecule has 1 unspecified atom stereocenters. The molecule has 0 aliphatic carbocycles. The van der Waals surface area contributed by atoms with Crippen molar-refractivity contribution in [2.45, 2.75) is 40.7 Å². The van der Waals surface area contributed by atoms with Crippen LogP contribution in [0.1, 0.15) is 47.7 Å². The van der Waals surface area contributed by atoms with Crippen molar-refractivity contribution >= 4 is 17.4 Å². The van der Waals surface area contributed by atoms with E-state index in [2.05, 4.69) is 18.7 Å². The third-order valence-corrected chi connectivity index (χ3v) is 6.57. The largest absolute Gasteiger partial charge is 0.507 e. The van der Waals surface area contributed by atoms with E-state index >= 15 is 0 Å². The van der Waals surface area contributed by atoms with Crippen molar-refractivity contribution in [3.8, 4) is 5.75 Å². The summed E-state index contributed by atoms with van der Waals surface area (Å²) in [7, 11) is 1.60. The van der Waals surface area contributed by atoms with E-state index in [1.165, 1.54) is 0 Å². The lowest BCUT2D eigenvalue weighted by atomic mass is 9.91. The Morgan fingerprint density at radius 2 is 1.70 bits per heavy atom. The minimum atomic E-state index is -0.645. The molecular formula is C27H34N2O4. The van der Waals surface area contributed by atoms with Crippen LogP contribution in [-0.2, 0) is 9.59 Å². The Bertz CT molecular complexity index is 1090. The zero-order chi connectivity index (χ0) is 24.3. The molecule has 3 rings (SSSR count). The van der Waals surface area contributed by atoms with E-state index < -0.39 is 17.7 Å². The van der Waals surface area contributed by atoms with E-state index in [4.69, 9.17) is 4.74 Å². The molecule has 2 aromatic rings. The number of ether oxygens (including phenoxy) is 1. The predicted octanol–water partition coefficient (Wildman–Crippen LogP) is 4.38. The smallest absolute Gasteiger partial charge is 0.295 e. The summed E-state index contributed by atoms with van der Waals surface area (Å²) in [6.45, 7) is 12.6. The average molecular weight is 451 g/mol. The first kappa shape index (κ1) is 24.5. The van der Waals surface area contributed by atoms with Gasteiger partial charge in [-0.2, -0.15) is 0 Å². The number of likely N-dealkylation sites (N-methyl/N-ethyl adjacent to an activating group) is 1. The first-order chi connectivity index (χ1) is 15.7. The molecule has 0 bridgehead atoms. The number of carbonyl (C=O) groups is 2. The van der Waals surface area contributed by atoms with Crippen LogP contribution in [-0.4, -0.2) is 59.9 Å². The monoisotopic (exact) mass is 450 g/mol. The molecule has 2 aromatic carbocycles. The fourth-order valence-electron chi connectivity index (χ4n) is 4.53. The summed E-state index contributed by atoms with van der Waals surface area (Å²) in [5.74, 6) is -0.651. The molecule has 0 radical (unpaired) electrons. The van der Waals surface area contributed by atoms with E-state index in [9.17, 15) is 14.7 Å². The Morgan fingerprint density at radius 1 is 1.03 bits per heavy atom. The van der Waals surface area contributed by atoms with Gasteiger partial charge in [-0.3, -0.25) is 9.59 Å². The molecule has 1 saturated heterocycles. The van der Waals surface area contributed by atoms with Crippen LogP contribution in [0.4, 0.5) is 0 Å². The van der Waals surface area contributed by atoms with E-state index in [0.29, 0.717) is 24.4 Å². The number of rotatable bonds is 8. The molecule has 33 heavy (non-hydrogen) atoms. The minimum absolute atomic E-state index is 0.140. The Kier molecular flexibility index (Phi) is 7.59. The number of likely N-dealkylation sites (tertiary alicyclic amines) is 1. The zero-order valence-electron chi connectivity index (χ0n) is 20.4. The number of aliphatic hydroxyl groups is 1. The molecule has 1 heterocycles. The molecule has 1 aliphatic heterocycles. The molecule has 0 saturated carbocycles. The fraction of sp³-hybridized carbons (Fsp3) is 0.407. The normalized spacial score (nSPS) is 17.8. The van der Waals surface area contributed by atoms with Crippen molar-refractivity contribution in [2.75, 3.05) is 33.3 Å². The summed E-state index contributed by atoms with van der Waals surface area (Å²) in [5, 5.41) is 11.4. The molecule has 1 amide bonds. The van der Waals surface area contributed by atoms with E-state index in [-0.39, 0.29) is 11.3 Å². The second-order valence-electron chi connectivity index (χ2n) is 8.51. The Morgan fingerprint density at radius 3 is 2.30 bits per heavy atom. The third-order valence-electron chi connectivity index (χ3n) is 6.57. The lowest BCUT2D eigenvalue weighted by Crippen LogP contribution is -2.38. The molecule has 1 N–H and O–H groups in total. The number of hydrogen-bond acceptors (Lipinski definition) is 5. The van der Waals surface area contributed by atoms with Gasteiger partial charge in [0.25, 0.3) is 11.7 Å². The van der Waals surface area contributed by atoms with Crippen LogP contribution in [0, 0.1) is 20.8 Å². The second kappa shape index (κ2) is 10.2. The Labute approximate surface area is 196 Å². The fourth-order valence-corrected chi connectivity index (χ4v) is 4.53. The first-order valence-corrected chi connectivity index (χ1v) is 11.5. The maximum absolute atomic E-state index is 13.3. The number of ketones is 1. The van der Waals surface area contributed by atoms with Crippen molar-refractivity contribution in [3.63, 3.8) is 0 Å². The van der Waals surface area contributed by atoms with Crippen LogP contribution in [0.15, 0.2) is 42.0 Å². The highest BCUT2D eigenvalue weighted by molar-refractivity contribution is 6.46. The highest BCUT2D eigenvalue weighted by Crippen LogP contribution is 2.41. The summed E-state index contributed by atoms with van der Waals surface area (Å²) < 4.78 is 5.39. The predicted molar refractivity (Wildman–Crippen MR) is 130 cm³/mol. The minimum Gasteiger partial charge on any atom is -0.507 e. The molecule has 6 nitrogen and oxygen atoms in total. The molecule has 0 spiro atoms. The number of carbonyl (C=O) groups excluding carboxylic acids is 2. The lowest BCUT2D eigenvalue weighted by molar-refractivity contribution is -0.140. The van der Waals surface area contributed by atoms with Crippen molar-refractivity contribution in [2.24, 2.45) is 0 Å². The standard InChI is InChI=1S/C27H34N2O4/c1-7-28(8-2)13-14-29-24(20-12-10-9-11-17(20)3)23(26(31)27(29)32)25(30)21-15-19(5)22(33-6)16-18(21)4/h9-12,15-16,24,30H,7-8,13-14H2,1-6H3/b25-23+. The molecule has 6 heteroatoms. The number of aliphatic hydroxyl groups excluding tert-OH is 1. The van der Waals surface area contributed by atoms with Crippen molar-refractivity contribution in [1.29, 1.82) is 0 Å². The van der Waals surface area contributed by atoms with Gasteiger partial charge in [-0.15, -0.1) is 0 Å². The van der Waals surface area contributed by atoms with Gasteiger partial charge in [0.2, 0.25) is 0 Å². The first-order valence-electron chi connectivity index (χ1n) is 11.5. The molecule has 176 valence electrons. The van der Waals surface area contributed by atoms with Gasteiger partial charge in [0.05, 0.1) is 18.7 Å². The third kappa shape index (κ3) is 4.67. The zero-order valence-corrected chi connectivity index (χ0v) is 20.4. The van der Waals surface area contributed by atoms with Gasteiger partial charge in [-0.25, -0.2) is 0 Å². The summed E-state index contributed by atoms with van der Waals surface area (Å²) in [4.78, 5) is 30.3. The van der Waals surface area contributed by atoms with Crippen LogP contribution in [0.3, 0.4) is 0 Å². The van der Waals surface area contributed by atoms with Gasteiger partial charge >= 0.3 is 0 Å². The number of hydrogen-bond donors (Lipinski definition) is 1. The number of amides is 1. The summed E-state index contributed by atoms with van der Waals surface area (Å²) in [5.41, 5.74) is 4.10. The van der Waals surface area contributed by atoms with Crippen LogP contribution >= 0.6 is 0 Å². The highest BCUT2D eigenvalue weighted by Gasteiger charge is 2.46. The summed E-state index contributed by atoms with van der Waals surface area (Å²) in [6.07, 6.45) is 0. The molecule has 0 aromatic heterocycles. The quantitative estimate of drug-likeness (QED) is 0.367. The van der Waals surface area contributed by atoms with Gasteiger partial charge in [0.1, 0.15) is 11.5 Å². The maximum Gasteiger partial charge on any atom is 0.295 e. The van der Waals surface area contributed by atoms with E-state index in [1.807, 2.05) is 57.2 Å². The SMILES string of the molecule is CCN(CC)CCN1C(=O)C(=O)/C(=C(/O)c2cc(C)c(OC)cc2C)C1c1ccccc1C. The molecule has 1 atom stereocenters. The lowest BCUT2D eigenvalue weighted by Gasteiger charge is -2.29. The number of aryl methyl sites for hydroxylation is 3. The van der Waals surface area contributed by atoms with Gasteiger partial charge in [-0.1, -0.05) is 38.1 Å². The Balaban J connectivity index is 2.18. The molecule has 1 fully saturated rings. The second-order valence-corrected chi connectivity index (χ2v) is 8.51. The number of benzene rings is 2. The molecule has 1 aliphatic rings. The van der Waals surface area contributed by atoms with Crippen molar-refractivity contribution < 1.29 is 19.4 Å². The van der Waals surface area contributed by atoms with Crippen molar-refractivity contribution in [3.05, 3.63) is 69.8 Å². The van der Waals surface area contributed by atoms with Gasteiger partial charge in [0, 0.05) is 18.7 Å². The van der Waals surface area contributed by atoms with Gasteiger partial charge in [0.15, 0.2) is 0 Å². The average Bonchev–Trinajstić information content (AvgIpc) is 3.05. The van der Waals surface area contributed by atoms with Crippen LogP contribution in [0.25, 0.3) is 5.76 Å². The van der Waals surface area contributed by atoms with E-state index in [0.717, 1.165) is 35.3 Å². The number of nitrogens with zero attached hydrogens (tertiary/aromatic N) is 2. The number of methoxy groups -OCH3 is 1. The van der Waals surface area contributed by atoms with Gasteiger partial charge < -0.3 is 19.6 Å². The maximum atomic E-state index is 13.3. The topological polar surface area (TPSA) is 70.1 Å². The van der Waals surface area contributed by atoms with Crippen LogP contribution < -0.4 is 4.74 Å². The van der Waals surface area contributed by atoms with Crippen LogP contribution in [0.2, 0.25) is 0 Å². The van der Waals surface area contributed by atoms with Gasteiger partial charge in [-0.05, 0) is 68.2 Å². The van der Waals surface area contributed by atoms with Crippen LogP contribution in [0.5, 0.6) is 5.75 Å². The summed E-state index contributed by atoms with van der Waals surface area (Å²) in [6, 6.07) is 10.7. The number of Topliss-reactive ketones (excluding diaryl/α,β-unsaturated/α-hetero) is 1. The van der Waals surface area contributed by atoms with Crippen molar-refractivity contribution in [1.82, 2.24) is 9.80 Å².